The van der Waals surface area contributed by atoms with Crippen LogP contribution in [0.1, 0.15) is 69.7 Å². The summed E-state index contributed by atoms with van der Waals surface area (Å²) in [6, 6.07) is 6.59. The van der Waals surface area contributed by atoms with Gasteiger partial charge in [0.15, 0.2) is 0 Å². The molecule has 0 heterocycles. The molecule has 0 radical (unpaired) electrons. The Kier molecular flexibility index (Phi) is 6.42. The van der Waals surface area contributed by atoms with Gasteiger partial charge in [-0.3, -0.25) is 4.79 Å². The smallest absolute Gasteiger partial charge is 0.241 e. The third-order valence-electron chi connectivity index (χ3n) is 6.46. The SMILES string of the molecule is CCOC1CC(N)(C(=O)NC(C)c2ccc3c(c2)CCCC3)C1(C)C.Cl. The van der Waals surface area contributed by atoms with Gasteiger partial charge in [0.2, 0.25) is 5.91 Å². The second kappa shape index (κ2) is 7.87. The Morgan fingerprint density at radius 1 is 1.31 bits per heavy atom. The molecule has 146 valence electrons. The summed E-state index contributed by atoms with van der Waals surface area (Å²) >= 11 is 0. The van der Waals surface area contributed by atoms with Crippen LogP contribution in [0.5, 0.6) is 0 Å². The van der Waals surface area contributed by atoms with Crippen LogP contribution in [0.3, 0.4) is 0 Å². The van der Waals surface area contributed by atoms with Crippen LogP contribution < -0.4 is 11.1 Å². The largest absolute Gasteiger partial charge is 0.378 e. The number of rotatable bonds is 5. The first kappa shape index (κ1) is 21.2. The third kappa shape index (κ3) is 3.51. The van der Waals surface area contributed by atoms with Crippen LogP contribution in [0.25, 0.3) is 0 Å². The van der Waals surface area contributed by atoms with Gasteiger partial charge < -0.3 is 15.8 Å². The highest BCUT2D eigenvalue weighted by Gasteiger charge is 2.62. The molecule has 2 aliphatic rings. The minimum Gasteiger partial charge on any atom is -0.378 e. The van der Waals surface area contributed by atoms with Crippen molar-refractivity contribution in [3.63, 3.8) is 0 Å². The van der Waals surface area contributed by atoms with Crippen LogP contribution in [-0.4, -0.2) is 24.2 Å². The van der Waals surface area contributed by atoms with Crippen molar-refractivity contribution in [2.75, 3.05) is 6.61 Å². The zero-order valence-electron chi connectivity index (χ0n) is 16.4. The summed E-state index contributed by atoms with van der Waals surface area (Å²) in [4.78, 5) is 12.9. The lowest BCUT2D eigenvalue weighted by Crippen LogP contribution is -2.75. The number of carbonyl (C=O) groups excluding carboxylic acids is 1. The highest BCUT2D eigenvalue weighted by atomic mass is 35.5. The second-order valence-electron chi connectivity index (χ2n) is 8.27. The summed E-state index contributed by atoms with van der Waals surface area (Å²) in [6.07, 6.45) is 5.49. The van der Waals surface area contributed by atoms with Gasteiger partial charge >= 0.3 is 0 Å². The van der Waals surface area contributed by atoms with Crippen molar-refractivity contribution in [1.29, 1.82) is 0 Å². The summed E-state index contributed by atoms with van der Waals surface area (Å²) in [5.74, 6) is -0.0707. The lowest BCUT2D eigenvalue weighted by molar-refractivity contribution is -0.171. The predicted molar refractivity (Wildman–Crippen MR) is 108 cm³/mol. The summed E-state index contributed by atoms with van der Waals surface area (Å²) in [7, 11) is 0. The fraction of sp³-hybridized carbons (Fsp3) is 0.667. The van der Waals surface area contributed by atoms with Gasteiger partial charge in [-0.15, -0.1) is 12.4 Å². The summed E-state index contributed by atoms with van der Waals surface area (Å²) in [5, 5.41) is 3.14. The maximum Gasteiger partial charge on any atom is 0.241 e. The molecular formula is C21H33ClN2O2. The van der Waals surface area contributed by atoms with Crippen LogP contribution in [0.2, 0.25) is 0 Å². The first-order valence-electron chi connectivity index (χ1n) is 9.62. The third-order valence-corrected chi connectivity index (χ3v) is 6.46. The second-order valence-corrected chi connectivity index (χ2v) is 8.27. The topological polar surface area (TPSA) is 64.3 Å². The number of aryl methyl sites for hydroxylation is 2. The van der Waals surface area contributed by atoms with Crippen molar-refractivity contribution < 1.29 is 9.53 Å². The molecule has 0 bridgehead atoms. The van der Waals surface area contributed by atoms with Gasteiger partial charge in [0.1, 0.15) is 5.54 Å². The Morgan fingerprint density at radius 3 is 2.58 bits per heavy atom. The molecular weight excluding hydrogens is 348 g/mol. The van der Waals surface area contributed by atoms with Crippen molar-refractivity contribution >= 4 is 18.3 Å². The zero-order chi connectivity index (χ0) is 18.2. The number of halogens is 1. The molecule has 0 aliphatic heterocycles. The average Bonchev–Trinajstić information content (AvgIpc) is 2.60. The number of carbonyl (C=O) groups is 1. The van der Waals surface area contributed by atoms with E-state index in [0.717, 1.165) is 12.0 Å². The van der Waals surface area contributed by atoms with E-state index in [1.165, 1.54) is 30.4 Å². The van der Waals surface area contributed by atoms with E-state index < -0.39 is 5.54 Å². The molecule has 1 aromatic rings. The number of fused-ring (bicyclic) bond motifs is 1. The number of benzene rings is 1. The fourth-order valence-corrected chi connectivity index (χ4v) is 4.25. The number of ether oxygens (including phenoxy) is 1. The molecule has 26 heavy (non-hydrogen) atoms. The van der Waals surface area contributed by atoms with E-state index in [2.05, 4.69) is 23.5 Å². The van der Waals surface area contributed by atoms with E-state index in [1.54, 1.807) is 0 Å². The van der Waals surface area contributed by atoms with Gasteiger partial charge in [0, 0.05) is 18.4 Å². The van der Waals surface area contributed by atoms with E-state index >= 15 is 0 Å². The summed E-state index contributed by atoms with van der Waals surface area (Å²) < 4.78 is 5.73. The highest BCUT2D eigenvalue weighted by Crippen LogP contribution is 2.50. The van der Waals surface area contributed by atoms with Crippen molar-refractivity contribution in [2.45, 2.75) is 77.5 Å². The molecule has 3 rings (SSSR count). The standard InChI is InChI=1S/C21H32N2O2.ClH/c1-5-25-18-13-21(22,20(18,3)4)19(24)23-14(2)16-11-10-15-8-6-7-9-17(15)12-16;/h10-12,14,18H,5-9,13,22H2,1-4H3,(H,23,24);1H. The normalized spacial score (nSPS) is 27.5. The minimum absolute atomic E-state index is 0. The van der Waals surface area contributed by atoms with Crippen LogP contribution in [0.4, 0.5) is 0 Å². The molecule has 1 fully saturated rings. The Bertz CT molecular complexity index is 661. The van der Waals surface area contributed by atoms with E-state index in [1.807, 2.05) is 27.7 Å². The predicted octanol–water partition coefficient (Wildman–Crippen LogP) is 3.70. The van der Waals surface area contributed by atoms with Crippen molar-refractivity contribution in [3.8, 4) is 0 Å². The molecule has 3 N–H and O–H groups in total. The van der Waals surface area contributed by atoms with E-state index in [0.29, 0.717) is 13.0 Å². The summed E-state index contributed by atoms with van der Waals surface area (Å²) in [5.41, 5.74) is 9.33. The summed E-state index contributed by atoms with van der Waals surface area (Å²) in [6.45, 7) is 8.72. The number of nitrogens with two attached hydrogens (primary N) is 1. The Labute approximate surface area is 163 Å². The fourth-order valence-electron chi connectivity index (χ4n) is 4.25. The first-order valence-corrected chi connectivity index (χ1v) is 9.62. The lowest BCUT2D eigenvalue weighted by Gasteiger charge is -2.57. The maximum atomic E-state index is 12.9. The van der Waals surface area contributed by atoms with E-state index in [9.17, 15) is 4.79 Å². The molecule has 0 spiro atoms. The van der Waals surface area contributed by atoms with E-state index in [4.69, 9.17) is 10.5 Å². The Morgan fingerprint density at radius 2 is 1.96 bits per heavy atom. The van der Waals surface area contributed by atoms with Gasteiger partial charge in [0.05, 0.1) is 12.1 Å². The lowest BCUT2D eigenvalue weighted by atomic mass is 9.54. The molecule has 0 saturated heterocycles. The zero-order valence-corrected chi connectivity index (χ0v) is 17.2. The highest BCUT2D eigenvalue weighted by molar-refractivity contribution is 5.89. The quantitative estimate of drug-likeness (QED) is 0.818. The number of amides is 1. The molecule has 3 unspecified atom stereocenters. The molecule has 5 heteroatoms. The average molecular weight is 381 g/mol. The van der Waals surface area contributed by atoms with Crippen LogP contribution in [0, 0.1) is 5.41 Å². The molecule has 2 aliphatic carbocycles. The van der Waals surface area contributed by atoms with Gasteiger partial charge in [-0.1, -0.05) is 32.0 Å². The van der Waals surface area contributed by atoms with Crippen LogP contribution in [-0.2, 0) is 22.4 Å². The molecule has 1 saturated carbocycles. The molecule has 3 atom stereocenters. The number of hydrogen-bond donors (Lipinski definition) is 2. The van der Waals surface area contributed by atoms with Gasteiger partial charge in [-0.05, 0) is 56.2 Å². The molecule has 0 aromatic heterocycles. The molecule has 1 aromatic carbocycles. The van der Waals surface area contributed by atoms with Gasteiger partial charge in [0.25, 0.3) is 0 Å². The minimum atomic E-state index is -0.866. The van der Waals surface area contributed by atoms with Crippen molar-refractivity contribution in [1.82, 2.24) is 5.32 Å². The van der Waals surface area contributed by atoms with Crippen LogP contribution >= 0.6 is 12.4 Å². The number of hydrogen-bond acceptors (Lipinski definition) is 3. The van der Waals surface area contributed by atoms with Crippen molar-refractivity contribution in [2.24, 2.45) is 11.1 Å². The van der Waals surface area contributed by atoms with Crippen molar-refractivity contribution in [3.05, 3.63) is 34.9 Å². The van der Waals surface area contributed by atoms with Crippen LogP contribution in [0.15, 0.2) is 18.2 Å². The first-order chi connectivity index (χ1) is 11.8. The number of nitrogens with one attached hydrogen (secondary N) is 1. The van der Waals surface area contributed by atoms with Gasteiger partial charge in [-0.2, -0.15) is 0 Å². The van der Waals surface area contributed by atoms with E-state index in [-0.39, 0.29) is 35.9 Å². The molecule has 4 nitrogen and oxygen atoms in total. The Hall–Kier alpha value is -1.10. The maximum absolute atomic E-state index is 12.9. The monoisotopic (exact) mass is 380 g/mol. The van der Waals surface area contributed by atoms with Gasteiger partial charge in [-0.25, -0.2) is 0 Å². The Balaban J connectivity index is 0.00000243. The molecule has 1 amide bonds.